The van der Waals surface area contributed by atoms with Crippen molar-refractivity contribution in [2.24, 2.45) is 11.8 Å². The van der Waals surface area contributed by atoms with Crippen LogP contribution in [0, 0.1) is 11.8 Å². The van der Waals surface area contributed by atoms with Gasteiger partial charge in [0, 0.05) is 23.9 Å². The van der Waals surface area contributed by atoms with Crippen molar-refractivity contribution in [1.82, 2.24) is 5.32 Å². The Hall–Kier alpha value is -0.370. The van der Waals surface area contributed by atoms with E-state index in [9.17, 15) is 4.79 Å². The molecule has 1 heterocycles. The second kappa shape index (κ2) is 9.94. The van der Waals surface area contributed by atoms with Gasteiger partial charge in [0.2, 0.25) is 0 Å². The number of carbonyl (C=O) groups excluding carboxylic acids is 1. The zero-order valence-corrected chi connectivity index (χ0v) is 15.7. The van der Waals surface area contributed by atoms with Crippen LogP contribution in [0.5, 0.6) is 0 Å². The molecule has 3 rings (SSSR count). The molecule has 4 unspecified atom stereocenters. The normalized spacial score (nSPS) is 37.6. The number of hydrogen-bond acceptors (Lipinski definition) is 2. The molecule has 2 nitrogen and oxygen atoms in total. The Morgan fingerprint density at radius 2 is 1.08 bits per heavy atom. The molecule has 0 aromatic carbocycles. The largest absolute Gasteiger partial charge is 0.311 e. The lowest BCUT2D eigenvalue weighted by Crippen LogP contribution is -2.39. The number of rotatable bonds is 0. The zero-order chi connectivity index (χ0) is 16.6. The molecule has 0 aromatic rings. The van der Waals surface area contributed by atoms with E-state index in [1.807, 2.05) is 0 Å². The van der Waals surface area contributed by atoms with Gasteiger partial charge in [-0.25, -0.2) is 0 Å². The van der Waals surface area contributed by atoms with E-state index in [2.05, 4.69) is 5.32 Å². The van der Waals surface area contributed by atoms with Crippen LogP contribution in [0.3, 0.4) is 0 Å². The van der Waals surface area contributed by atoms with Gasteiger partial charge < -0.3 is 5.32 Å². The number of ketones is 1. The molecule has 4 bridgehead atoms. The molecule has 138 valence electrons. The molecular weight excluding hydrogens is 294 g/mol. The van der Waals surface area contributed by atoms with Crippen LogP contribution in [-0.2, 0) is 4.79 Å². The molecule has 0 aromatic heterocycles. The standard InChI is InChI=1S/C22H39NO/c24-22-18-11-7-3-1-5-9-13-20(16-15-18)23-21-14-10-6-2-4-8-12-19(22)17-21/h18-21,23H,1-17H2. The van der Waals surface area contributed by atoms with Crippen molar-refractivity contribution in [1.29, 1.82) is 0 Å². The van der Waals surface area contributed by atoms with Crippen LogP contribution in [0.25, 0.3) is 0 Å². The van der Waals surface area contributed by atoms with Gasteiger partial charge in [0.15, 0.2) is 0 Å². The summed E-state index contributed by atoms with van der Waals surface area (Å²) < 4.78 is 0. The summed E-state index contributed by atoms with van der Waals surface area (Å²) in [5, 5.41) is 4.04. The summed E-state index contributed by atoms with van der Waals surface area (Å²) in [6, 6.07) is 1.27. The first kappa shape index (κ1) is 18.4. The van der Waals surface area contributed by atoms with Crippen molar-refractivity contribution in [2.45, 2.75) is 121 Å². The molecule has 0 amide bonds. The third-order valence-electron chi connectivity index (χ3n) is 6.92. The molecule has 3 aliphatic rings. The molecular formula is C22H39NO. The van der Waals surface area contributed by atoms with Crippen LogP contribution in [-0.4, -0.2) is 17.9 Å². The van der Waals surface area contributed by atoms with Gasteiger partial charge in [-0.3, -0.25) is 4.79 Å². The van der Waals surface area contributed by atoms with Crippen molar-refractivity contribution >= 4 is 5.78 Å². The highest BCUT2D eigenvalue weighted by molar-refractivity contribution is 5.83. The van der Waals surface area contributed by atoms with Crippen LogP contribution < -0.4 is 5.32 Å². The minimum Gasteiger partial charge on any atom is -0.311 e. The van der Waals surface area contributed by atoms with E-state index < -0.39 is 0 Å². The smallest absolute Gasteiger partial charge is 0.139 e. The van der Waals surface area contributed by atoms with E-state index >= 15 is 0 Å². The highest BCUT2D eigenvalue weighted by Gasteiger charge is 2.32. The van der Waals surface area contributed by atoms with E-state index in [1.165, 1.54) is 89.9 Å². The second-order valence-corrected chi connectivity index (χ2v) is 8.86. The molecule has 0 spiro atoms. The number of carbonyl (C=O) groups is 1. The Labute approximate surface area is 149 Å². The molecule has 1 N–H and O–H groups in total. The molecule has 3 fully saturated rings. The minimum absolute atomic E-state index is 0.354. The van der Waals surface area contributed by atoms with Crippen molar-refractivity contribution in [3.05, 3.63) is 0 Å². The topological polar surface area (TPSA) is 29.1 Å². The fraction of sp³-hybridized carbons (Fsp3) is 0.955. The molecule has 1 aliphatic heterocycles. The summed E-state index contributed by atoms with van der Waals surface area (Å²) in [6.45, 7) is 0. The van der Waals surface area contributed by atoms with Crippen LogP contribution in [0.2, 0.25) is 0 Å². The summed E-state index contributed by atoms with van der Waals surface area (Å²) in [4.78, 5) is 13.3. The predicted molar refractivity (Wildman–Crippen MR) is 101 cm³/mol. The lowest BCUT2D eigenvalue weighted by molar-refractivity contribution is -0.128. The highest BCUT2D eigenvalue weighted by Crippen LogP contribution is 2.32. The van der Waals surface area contributed by atoms with Crippen LogP contribution in [0.4, 0.5) is 0 Å². The quantitative estimate of drug-likeness (QED) is 0.608. The lowest BCUT2D eigenvalue weighted by Gasteiger charge is -2.28. The minimum atomic E-state index is 0.354. The first-order chi connectivity index (χ1) is 11.8. The predicted octanol–water partition coefficient (Wildman–Crippen LogP) is 5.79. The van der Waals surface area contributed by atoms with Crippen molar-refractivity contribution in [3.8, 4) is 0 Å². The third kappa shape index (κ3) is 5.58. The number of hydrogen-bond donors (Lipinski definition) is 1. The van der Waals surface area contributed by atoms with Gasteiger partial charge in [-0.1, -0.05) is 64.2 Å². The van der Waals surface area contributed by atoms with Gasteiger partial charge in [-0.05, 0) is 44.9 Å². The SMILES string of the molecule is O=C1C2CCCCCCCC(CC2)NC2CCCCCCCC1C2. The number of nitrogens with one attached hydrogen (secondary N) is 1. The van der Waals surface area contributed by atoms with Crippen LogP contribution >= 0.6 is 0 Å². The maximum atomic E-state index is 13.3. The van der Waals surface area contributed by atoms with Crippen molar-refractivity contribution in [3.63, 3.8) is 0 Å². The van der Waals surface area contributed by atoms with Gasteiger partial charge in [-0.2, -0.15) is 0 Å². The maximum absolute atomic E-state index is 13.3. The van der Waals surface area contributed by atoms with E-state index in [1.54, 1.807) is 0 Å². The van der Waals surface area contributed by atoms with Gasteiger partial charge >= 0.3 is 0 Å². The first-order valence-corrected chi connectivity index (χ1v) is 11.1. The Balaban J connectivity index is 1.77. The van der Waals surface area contributed by atoms with Crippen molar-refractivity contribution in [2.75, 3.05) is 0 Å². The number of fused-ring (bicyclic) bond motifs is 5. The Morgan fingerprint density at radius 1 is 0.542 bits per heavy atom. The van der Waals surface area contributed by atoms with E-state index in [-0.39, 0.29) is 0 Å². The average molecular weight is 334 g/mol. The van der Waals surface area contributed by atoms with E-state index in [4.69, 9.17) is 0 Å². The Bertz CT molecular complexity index is 380. The average Bonchev–Trinajstić information content (AvgIpc) is 2.62. The van der Waals surface area contributed by atoms with Gasteiger partial charge in [-0.15, -0.1) is 0 Å². The van der Waals surface area contributed by atoms with Gasteiger partial charge in [0.25, 0.3) is 0 Å². The number of Topliss-reactive ketones (excluding diaryl/α,β-unsaturated/α-hetero) is 1. The van der Waals surface area contributed by atoms with Gasteiger partial charge in [0.1, 0.15) is 5.78 Å². The summed E-state index contributed by atoms with van der Waals surface area (Å²) in [5.74, 6) is 1.38. The maximum Gasteiger partial charge on any atom is 0.139 e. The third-order valence-corrected chi connectivity index (χ3v) is 6.92. The van der Waals surface area contributed by atoms with E-state index in [0.717, 1.165) is 19.3 Å². The lowest BCUT2D eigenvalue weighted by atomic mass is 9.80. The van der Waals surface area contributed by atoms with Crippen LogP contribution in [0.15, 0.2) is 0 Å². The zero-order valence-electron chi connectivity index (χ0n) is 15.7. The summed E-state index contributed by atoms with van der Waals surface area (Å²) in [5.41, 5.74) is 0. The summed E-state index contributed by atoms with van der Waals surface area (Å²) in [7, 11) is 0. The fourth-order valence-electron chi connectivity index (χ4n) is 5.42. The monoisotopic (exact) mass is 333 g/mol. The van der Waals surface area contributed by atoms with Gasteiger partial charge in [0.05, 0.1) is 0 Å². The first-order valence-electron chi connectivity index (χ1n) is 11.1. The molecule has 1 saturated heterocycles. The molecule has 2 saturated carbocycles. The molecule has 0 radical (unpaired) electrons. The molecule has 4 atom stereocenters. The summed E-state index contributed by atoms with van der Waals surface area (Å²) in [6.07, 6.45) is 22.0. The summed E-state index contributed by atoms with van der Waals surface area (Å²) >= 11 is 0. The highest BCUT2D eigenvalue weighted by atomic mass is 16.1. The van der Waals surface area contributed by atoms with Crippen LogP contribution in [0.1, 0.15) is 109 Å². The van der Waals surface area contributed by atoms with Crippen molar-refractivity contribution < 1.29 is 4.79 Å². The fourth-order valence-corrected chi connectivity index (χ4v) is 5.42. The molecule has 24 heavy (non-hydrogen) atoms. The van der Waals surface area contributed by atoms with E-state index in [0.29, 0.717) is 29.7 Å². The Kier molecular flexibility index (Phi) is 7.63. The molecule has 2 aliphatic carbocycles. The second-order valence-electron chi connectivity index (χ2n) is 8.86. The Morgan fingerprint density at radius 3 is 1.79 bits per heavy atom. The molecule has 2 heteroatoms.